The SMILES string of the molecule is CC1(C)[C@@H]2[C@H]1CC[C@]1(C)CCC[C@](C)(N=C=S)[C@@H]21. The number of hydrogen-bond acceptors (Lipinski definition) is 2. The molecule has 2 heteroatoms. The maximum atomic E-state index is 4.93. The van der Waals surface area contributed by atoms with Gasteiger partial charge in [-0.3, -0.25) is 0 Å². The van der Waals surface area contributed by atoms with Crippen LogP contribution in [0.5, 0.6) is 0 Å². The van der Waals surface area contributed by atoms with E-state index in [0.29, 0.717) is 10.8 Å². The average molecular weight is 263 g/mol. The van der Waals surface area contributed by atoms with Crippen LogP contribution in [-0.2, 0) is 0 Å². The standard InChI is InChI=1S/C16H25NS/c1-14(2)11-6-9-15(3)7-5-8-16(4,17-10-18)13(15)12(11)14/h11-13H,5-9H2,1-4H3/t11-,12-,13+,15+,16+/m1/s1. The van der Waals surface area contributed by atoms with Crippen molar-refractivity contribution in [2.45, 2.75) is 65.3 Å². The van der Waals surface area contributed by atoms with Crippen molar-refractivity contribution in [3.8, 4) is 0 Å². The monoisotopic (exact) mass is 263 g/mol. The fourth-order valence-electron chi connectivity index (χ4n) is 5.73. The molecule has 0 aromatic heterocycles. The second-order valence-corrected chi connectivity index (χ2v) is 8.22. The van der Waals surface area contributed by atoms with Crippen molar-refractivity contribution < 1.29 is 0 Å². The number of rotatable bonds is 1. The van der Waals surface area contributed by atoms with E-state index in [2.05, 4.69) is 37.8 Å². The Morgan fingerprint density at radius 1 is 1.11 bits per heavy atom. The highest BCUT2D eigenvalue weighted by atomic mass is 32.1. The molecule has 0 aliphatic heterocycles. The van der Waals surface area contributed by atoms with Crippen LogP contribution < -0.4 is 0 Å². The Hall–Kier alpha value is -0.200. The van der Waals surface area contributed by atoms with E-state index in [1.54, 1.807) is 0 Å². The molecule has 3 aliphatic carbocycles. The van der Waals surface area contributed by atoms with Crippen molar-refractivity contribution in [2.24, 2.45) is 33.6 Å². The normalized spacial score (nSPS) is 52.8. The molecule has 0 spiro atoms. The first-order chi connectivity index (χ1) is 8.35. The van der Waals surface area contributed by atoms with Crippen molar-refractivity contribution in [2.75, 3.05) is 0 Å². The van der Waals surface area contributed by atoms with Crippen LogP contribution >= 0.6 is 12.2 Å². The number of nitrogens with zero attached hydrogens (tertiary/aromatic N) is 1. The smallest absolute Gasteiger partial charge is 0.0719 e. The lowest BCUT2D eigenvalue weighted by Gasteiger charge is -2.53. The highest BCUT2D eigenvalue weighted by molar-refractivity contribution is 7.78. The predicted molar refractivity (Wildman–Crippen MR) is 78.9 cm³/mol. The summed E-state index contributed by atoms with van der Waals surface area (Å²) < 4.78 is 0. The van der Waals surface area contributed by atoms with Crippen LogP contribution in [0.25, 0.3) is 0 Å². The second-order valence-electron chi connectivity index (χ2n) is 8.04. The molecule has 5 atom stereocenters. The minimum absolute atomic E-state index is 0.0614. The van der Waals surface area contributed by atoms with Crippen LogP contribution in [0, 0.1) is 28.6 Å². The van der Waals surface area contributed by atoms with Gasteiger partial charge in [-0.2, -0.15) is 0 Å². The van der Waals surface area contributed by atoms with E-state index in [1.165, 1.54) is 32.1 Å². The summed E-state index contributed by atoms with van der Waals surface area (Å²) in [7, 11) is 0. The third kappa shape index (κ3) is 1.51. The topological polar surface area (TPSA) is 12.4 Å². The minimum atomic E-state index is 0.0614. The lowest BCUT2D eigenvalue weighted by Crippen LogP contribution is -2.50. The quantitative estimate of drug-likeness (QED) is 0.492. The van der Waals surface area contributed by atoms with Crippen molar-refractivity contribution in [1.29, 1.82) is 0 Å². The summed E-state index contributed by atoms with van der Waals surface area (Å²) in [4.78, 5) is 4.65. The maximum absolute atomic E-state index is 4.93. The Kier molecular flexibility index (Phi) is 2.61. The molecule has 0 heterocycles. The Balaban J connectivity index is 2.03. The van der Waals surface area contributed by atoms with Crippen molar-refractivity contribution in [1.82, 2.24) is 0 Å². The largest absolute Gasteiger partial charge is 0.226 e. The zero-order valence-electron chi connectivity index (χ0n) is 12.1. The molecular formula is C16H25NS. The van der Waals surface area contributed by atoms with E-state index in [4.69, 9.17) is 12.2 Å². The highest BCUT2D eigenvalue weighted by Gasteiger charge is 2.70. The molecular weight excluding hydrogens is 238 g/mol. The van der Waals surface area contributed by atoms with Crippen molar-refractivity contribution in [3.05, 3.63) is 0 Å². The molecule has 0 aromatic rings. The molecule has 0 radical (unpaired) electrons. The lowest BCUT2D eigenvalue weighted by molar-refractivity contribution is -0.00530. The van der Waals surface area contributed by atoms with Crippen molar-refractivity contribution in [3.63, 3.8) is 0 Å². The van der Waals surface area contributed by atoms with E-state index in [1.807, 2.05) is 0 Å². The van der Waals surface area contributed by atoms with Gasteiger partial charge >= 0.3 is 0 Å². The maximum Gasteiger partial charge on any atom is 0.0719 e. The second kappa shape index (κ2) is 3.67. The van der Waals surface area contributed by atoms with Gasteiger partial charge in [0.2, 0.25) is 0 Å². The first kappa shape index (κ1) is 12.8. The van der Waals surface area contributed by atoms with Gasteiger partial charge in [0, 0.05) is 0 Å². The zero-order chi connectivity index (χ0) is 13.2. The van der Waals surface area contributed by atoms with Gasteiger partial charge in [-0.1, -0.05) is 27.2 Å². The van der Waals surface area contributed by atoms with Gasteiger partial charge in [0.05, 0.1) is 10.7 Å². The first-order valence-electron chi connectivity index (χ1n) is 7.44. The lowest BCUT2D eigenvalue weighted by atomic mass is 9.54. The molecule has 0 unspecified atom stereocenters. The summed E-state index contributed by atoms with van der Waals surface area (Å²) in [6.45, 7) is 9.78. The van der Waals surface area contributed by atoms with E-state index in [0.717, 1.165) is 17.8 Å². The van der Waals surface area contributed by atoms with Crippen molar-refractivity contribution >= 4 is 17.4 Å². The molecule has 3 fully saturated rings. The van der Waals surface area contributed by atoms with Crippen LogP contribution in [0.15, 0.2) is 4.99 Å². The van der Waals surface area contributed by atoms with Gasteiger partial charge in [-0.05, 0) is 73.4 Å². The zero-order valence-corrected chi connectivity index (χ0v) is 12.9. The summed E-state index contributed by atoms with van der Waals surface area (Å²) in [6.07, 6.45) is 6.73. The van der Waals surface area contributed by atoms with Gasteiger partial charge in [0.1, 0.15) is 0 Å². The molecule has 0 saturated heterocycles. The number of hydrogen-bond donors (Lipinski definition) is 0. The summed E-state index contributed by atoms with van der Waals surface area (Å²) in [5.41, 5.74) is 1.10. The Labute approximate surface area is 116 Å². The molecule has 0 aromatic carbocycles. The fourth-order valence-corrected chi connectivity index (χ4v) is 5.94. The Morgan fingerprint density at radius 2 is 1.83 bits per heavy atom. The molecule has 0 amide bonds. The van der Waals surface area contributed by atoms with E-state index in [9.17, 15) is 0 Å². The molecule has 3 saturated carbocycles. The Morgan fingerprint density at radius 3 is 2.50 bits per heavy atom. The summed E-state index contributed by atoms with van der Waals surface area (Å²) in [5, 5.41) is 2.70. The van der Waals surface area contributed by atoms with E-state index < -0.39 is 0 Å². The number of isothiocyanates is 1. The molecule has 0 N–H and O–H groups in total. The van der Waals surface area contributed by atoms with Crippen LogP contribution in [0.4, 0.5) is 0 Å². The minimum Gasteiger partial charge on any atom is -0.226 e. The fraction of sp³-hybridized carbons (Fsp3) is 0.938. The van der Waals surface area contributed by atoms with Gasteiger partial charge in [-0.15, -0.1) is 0 Å². The molecule has 0 bridgehead atoms. The molecule has 3 aliphatic rings. The van der Waals surface area contributed by atoms with E-state index >= 15 is 0 Å². The van der Waals surface area contributed by atoms with Gasteiger partial charge in [0.15, 0.2) is 0 Å². The predicted octanol–water partition coefficient (Wildman–Crippen LogP) is 4.72. The summed E-state index contributed by atoms with van der Waals surface area (Å²) >= 11 is 4.93. The van der Waals surface area contributed by atoms with Crippen LogP contribution in [0.3, 0.4) is 0 Å². The van der Waals surface area contributed by atoms with Crippen LogP contribution in [-0.4, -0.2) is 10.7 Å². The third-order valence-corrected chi connectivity index (χ3v) is 6.77. The highest BCUT2D eigenvalue weighted by Crippen LogP contribution is 2.74. The summed E-state index contributed by atoms with van der Waals surface area (Å²) in [6, 6.07) is 0. The average Bonchev–Trinajstić information content (AvgIpc) is 2.80. The molecule has 100 valence electrons. The number of thiocarbonyl (C=S) groups is 1. The van der Waals surface area contributed by atoms with Gasteiger partial charge in [-0.25, -0.2) is 4.99 Å². The van der Waals surface area contributed by atoms with Gasteiger partial charge < -0.3 is 0 Å². The summed E-state index contributed by atoms with van der Waals surface area (Å²) in [5.74, 6) is 2.53. The molecule has 18 heavy (non-hydrogen) atoms. The number of aliphatic imine (C=N–C) groups is 1. The molecule has 1 nitrogen and oxygen atoms in total. The van der Waals surface area contributed by atoms with Crippen LogP contribution in [0.1, 0.15) is 59.8 Å². The van der Waals surface area contributed by atoms with Gasteiger partial charge in [0.25, 0.3) is 0 Å². The molecule has 3 rings (SSSR count). The van der Waals surface area contributed by atoms with E-state index in [-0.39, 0.29) is 5.54 Å². The third-order valence-electron chi connectivity index (χ3n) is 6.68. The number of fused-ring (bicyclic) bond motifs is 3. The van der Waals surface area contributed by atoms with Crippen LogP contribution in [0.2, 0.25) is 0 Å². The first-order valence-corrected chi connectivity index (χ1v) is 7.85. The Bertz CT molecular complexity index is 423.